The van der Waals surface area contributed by atoms with Crippen molar-refractivity contribution in [3.63, 3.8) is 0 Å². The van der Waals surface area contributed by atoms with Gasteiger partial charge in [0.25, 0.3) is 0 Å². The maximum absolute atomic E-state index is 11.9. The van der Waals surface area contributed by atoms with Crippen molar-refractivity contribution >= 4 is 38.4 Å². The largest absolute Gasteiger partial charge is 0.495 e. The van der Waals surface area contributed by atoms with Crippen molar-refractivity contribution in [1.29, 1.82) is 0 Å². The number of carbonyl (C=O) groups is 1. The Hall–Kier alpha value is -1.54. The zero-order chi connectivity index (χ0) is 15.9. The maximum Gasteiger partial charge on any atom is 0.244 e. The number of thioether (sulfide) groups is 1. The summed E-state index contributed by atoms with van der Waals surface area (Å²) in [6.07, 6.45) is 0. The zero-order valence-electron chi connectivity index (χ0n) is 12.2. The van der Waals surface area contributed by atoms with Gasteiger partial charge in [-0.05, 0) is 12.1 Å². The van der Waals surface area contributed by atoms with Gasteiger partial charge in [-0.25, -0.2) is 8.42 Å². The van der Waals surface area contributed by atoms with Crippen LogP contribution in [0, 0.1) is 0 Å². The molecule has 0 aliphatic carbocycles. The summed E-state index contributed by atoms with van der Waals surface area (Å²) >= 11 is 1.35. The lowest BCUT2D eigenvalue weighted by Gasteiger charge is -2.26. The number of methoxy groups -OCH3 is 1. The van der Waals surface area contributed by atoms with Gasteiger partial charge in [-0.2, -0.15) is 4.99 Å². The number of carbonyl (C=O) groups excluding carboxylic acids is 1. The first-order valence-corrected chi connectivity index (χ1v) is 9.50. The van der Waals surface area contributed by atoms with E-state index in [1.54, 1.807) is 7.11 Å². The summed E-state index contributed by atoms with van der Waals surface area (Å²) in [6, 6.07) is 7.13. The molecule has 1 amide bonds. The highest BCUT2D eigenvalue weighted by Gasteiger charge is 2.49. The molecule has 0 N–H and O–H groups in total. The number of aliphatic imine (C=N–C) groups is 1. The summed E-state index contributed by atoms with van der Waals surface area (Å²) in [4.78, 5) is 17.3. The molecule has 2 saturated heterocycles. The second-order valence-electron chi connectivity index (χ2n) is 5.26. The van der Waals surface area contributed by atoms with Crippen LogP contribution >= 0.6 is 11.8 Å². The zero-order valence-corrected chi connectivity index (χ0v) is 13.9. The Kier molecular flexibility index (Phi) is 3.90. The lowest BCUT2D eigenvalue weighted by Crippen LogP contribution is -2.37. The van der Waals surface area contributed by atoms with Crippen molar-refractivity contribution in [3.05, 3.63) is 24.3 Å². The van der Waals surface area contributed by atoms with Gasteiger partial charge in [0.15, 0.2) is 15.0 Å². The molecule has 1 aromatic rings. The molecule has 0 unspecified atom stereocenters. The lowest BCUT2D eigenvalue weighted by molar-refractivity contribution is -0.115. The molecule has 22 heavy (non-hydrogen) atoms. The molecular weight excluding hydrogens is 324 g/mol. The number of hydrogen-bond acceptors (Lipinski definition) is 5. The number of amidine groups is 1. The average Bonchev–Trinajstić information content (AvgIpc) is 2.89. The lowest BCUT2D eigenvalue weighted by atomic mass is 10.2. The number of nitrogens with zero attached hydrogens (tertiary/aromatic N) is 2. The van der Waals surface area contributed by atoms with E-state index in [1.807, 2.05) is 29.2 Å². The summed E-state index contributed by atoms with van der Waals surface area (Å²) in [7, 11) is -1.50. The van der Waals surface area contributed by atoms with Gasteiger partial charge in [0.05, 0.1) is 30.3 Å². The molecule has 2 atom stereocenters. The van der Waals surface area contributed by atoms with Crippen LogP contribution < -0.4 is 9.64 Å². The van der Waals surface area contributed by atoms with Crippen LogP contribution in [-0.2, 0) is 14.6 Å². The normalized spacial score (nSPS) is 27.9. The summed E-state index contributed by atoms with van der Waals surface area (Å²) in [6.45, 7) is 1.39. The van der Waals surface area contributed by atoms with Gasteiger partial charge < -0.3 is 9.64 Å². The molecule has 0 aromatic heterocycles. The van der Waals surface area contributed by atoms with Crippen LogP contribution in [0.2, 0.25) is 0 Å². The Morgan fingerprint density at radius 2 is 2.09 bits per heavy atom. The third-order valence-electron chi connectivity index (χ3n) is 3.66. The number of benzene rings is 1. The predicted molar refractivity (Wildman–Crippen MR) is 87.4 cm³/mol. The Bertz CT molecular complexity index is 745. The van der Waals surface area contributed by atoms with Gasteiger partial charge in [0.1, 0.15) is 5.75 Å². The number of anilines is 1. The molecule has 2 aliphatic heterocycles. The smallest absolute Gasteiger partial charge is 0.244 e. The minimum atomic E-state index is -3.06. The minimum absolute atomic E-state index is 0.0691. The van der Waals surface area contributed by atoms with Gasteiger partial charge in [-0.1, -0.05) is 23.9 Å². The Morgan fingerprint density at radius 3 is 2.77 bits per heavy atom. The number of sulfone groups is 1. The van der Waals surface area contributed by atoms with Crippen molar-refractivity contribution in [2.45, 2.75) is 18.2 Å². The quantitative estimate of drug-likeness (QED) is 0.808. The van der Waals surface area contributed by atoms with Gasteiger partial charge >= 0.3 is 0 Å². The van der Waals surface area contributed by atoms with E-state index in [-0.39, 0.29) is 28.7 Å². The summed E-state index contributed by atoms with van der Waals surface area (Å²) < 4.78 is 29.2. The van der Waals surface area contributed by atoms with E-state index < -0.39 is 9.84 Å². The van der Waals surface area contributed by atoms with Crippen LogP contribution in [0.4, 0.5) is 5.69 Å². The number of fused-ring (bicyclic) bond motifs is 1. The van der Waals surface area contributed by atoms with Crippen LogP contribution in [-0.4, -0.2) is 49.4 Å². The number of amides is 1. The second kappa shape index (κ2) is 5.58. The molecule has 118 valence electrons. The third kappa shape index (κ3) is 2.72. The fraction of sp³-hybridized carbons (Fsp3) is 0.429. The average molecular weight is 340 g/mol. The number of rotatable bonds is 2. The fourth-order valence-electron chi connectivity index (χ4n) is 2.81. The Morgan fingerprint density at radius 1 is 1.36 bits per heavy atom. The predicted octanol–water partition coefficient (Wildman–Crippen LogP) is 1.32. The first kappa shape index (κ1) is 15.4. The van der Waals surface area contributed by atoms with Crippen molar-refractivity contribution < 1.29 is 17.9 Å². The van der Waals surface area contributed by atoms with Crippen LogP contribution in [0.5, 0.6) is 5.75 Å². The molecule has 2 fully saturated rings. The molecule has 8 heteroatoms. The molecule has 0 bridgehead atoms. The molecular formula is C14H16N2O4S2. The van der Waals surface area contributed by atoms with Crippen molar-refractivity contribution in [1.82, 2.24) is 0 Å². The van der Waals surface area contributed by atoms with Crippen molar-refractivity contribution in [2.24, 2.45) is 4.99 Å². The molecule has 1 aromatic carbocycles. The molecule has 0 radical (unpaired) electrons. The molecule has 3 rings (SSSR count). The van der Waals surface area contributed by atoms with Crippen LogP contribution in [0.25, 0.3) is 0 Å². The van der Waals surface area contributed by atoms with E-state index in [4.69, 9.17) is 4.74 Å². The van der Waals surface area contributed by atoms with Crippen LogP contribution in [0.3, 0.4) is 0 Å². The van der Waals surface area contributed by atoms with E-state index in [2.05, 4.69) is 4.99 Å². The van der Waals surface area contributed by atoms with E-state index in [9.17, 15) is 13.2 Å². The monoisotopic (exact) mass is 340 g/mol. The summed E-state index contributed by atoms with van der Waals surface area (Å²) in [5.41, 5.74) is 0.738. The van der Waals surface area contributed by atoms with Crippen LogP contribution in [0.1, 0.15) is 6.92 Å². The van der Waals surface area contributed by atoms with Crippen molar-refractivity contribution in [3.8, 4) is 5.75 Å². The molecule has 0 spiro atoms. The van der Waals surface area contributed by atoms with E-state index in [0.717, 1.165) is 5.69 Å². The van der Waals surface area contributed by atoms with Gasteiger partial charge in [-0.3, -0.25) is 4.79 Å². The topological polar surface area (TPSA) is 76.0 Å². The van der Waals surface area contributed by atoms with Gasteiger partial charge in [-0.15, -0.1) is 0 Å². The number of hydrogen-bond donors (Lipinski definition) is 0. The number of ether oxygens (including phenoxy) is 1. The van der Waals surface area contributed by atoms with Crippen LogP contribution in [0.15, 0.2) is 29.3 Å². The minimum Gasteiger partial charge on any atom is -0.495 e. The van der Waals surface area contributed by atoms with Gasteiger partial charge in [0.2, 0.25) is 5.91 Å². The summed E-state index contributed by atoms with van der Waals surface area (Å²) in [5.74, 6) is 0.513. The molecule has 2 heterocycles. The van der Waals surface area contributed by atoms with Crippen molar-refractivity contribution in [2.75, 3.05) is 23.5 Å². The Balaban J connectivity index is 2.08. The molecule has 2 aliphatic rings. The van der Waals surface area contributed by atoms with E-state index in [1.165, 1.54) is 18.7 Å². The maximum atomic E-state index is 11.9. The SMILES string of the molecule is COc1ccccc1N1C(=NC(C)=O)S[C@H]2CS(=O)(=O)C[C@H]21. The Labute approximate surface area is 133 Å². The highest BCUT2D eigenvalue weighted by Crippen LogP contribution is 2.43. The summed E-state index contributed by atoms with van der Waals surface area (Å²) in [5, 5.41) is 0.440. The van der Waals surface area contributed by atoms with E-state index >= 15 is 0 Å². The van der Waals surface area contributed by atoms with E-state index in [0.29, 0.717) is 10.9 Å². The standard InChI is InChI=1S/C14H16N2O4S2/c1-9(17)15-14-16(10-5-3-4-6-12(10)20-2)11-7-22(18,19)8-13(11)21-14/h3-6,11,13H,7-8H2,1-2H3/t11-,13+/m1/s1. The molecule has 0 saturated carbocycles. The number of para-hydroxylation sites is 2. The first-order valence-electron chi connectivity index (χ1n) is 6.80. The molecule has 6 nitrogen and oxygen atoms in total. The third-order valence-corrected chi connectivity index (χ3v) is 6.87. The first-order chi connectivity index (χ1) is 10.4. The fourth-order valence-corrected chi connectivity index (χ4v) is 6.76. The second-order valence-corrected chi connectivity index (χ2v) is 8.62. The van der Waals surface area contributed by atoms with Gasteiger partial charge in [0, 0.05) is 12.2 Å². The highest BCUT2D eigenvalue weighted by atomic mass is 32.2. The highest BCUT2D eigenvalue weighted by molar-refractivity contribution is 8.16.